The quantitative estimate of drug-likeness (QED) is 0.752. The highest BCUT2D eigenvalue weighted by Crippen LogP contribution is 2.12. The molecule has 0 bridgehead atoms. The lowest BCUT2D eigenvalue weighted by atomic mass is 10.1. The van der Waals surface area contributed by atoms with Crippen LogP contribution in [0.4, 0.5) is 0 Å². The molecule has 0 saturated carbocycles. The monoisotopic (exact) mass is 308 g/mol. The van der Waals surface area contributed by atoms with E-state index in [4.69, 9.17) is 0 Å². The van der Waals surface area contributed by atoms with Gasteiger partial charge in [0.05, 0.1) is 18.3 Å². The van der Waals surface area contributed by atoms with Gasteiger partial charge in [0.15, 0.2) is 0 Å². The number of nitrogens with zero attached hydrogens (tertiary/aromatic N) is 3. The van der Waals surface area contributed by atoms with Crippen molar-refractivity contribution in [1.82, 2.24) is 20.1 Å². The second-order valence-electron chi connectivity index (χ2n) is 4.97. The van der Waals surface area contributed by atoms with Gasteiger partial charge in [0.25, 0.3) is 5.91 Å². The van der Waals surface area contributed by atoms with Gasteiger partial charge in [-0.25, -0.2) is 9.67 Å². The van der Waals surface area contributed by atoms with E-state index in [2.05, 4.69) is 15.4 Å². The maximum Gasteiger partial charge on any atom is 0.291 e. The van der Waals surface area contributed by atoms with E-state index in [1.807, 2.05) is 60.7 Å². The van der Waals surface area contributed by atoms with Gasteiger partial charge in [-0.2, -0.15) is 0 Å². The van der Waals surface area contributed by atoms with Crippen LogP contribution < -0.4 is 5.32 Å². The molecular weight excluding hydrogens is 292 g/mol. The van der Waals surface area contributed by atoms with Crippen LogP contribution in [0, 0.1) is 0 Å². The Hall–Kier alpha value is -2.99. The van der Waals surface area contributed by atoms with Gasteiger partial charge in [-0.05, 0) is 17.7 Å². The second-order valence-corrected chi connectivity index (χ2v) is 4.97. The molecule has 3 rings (SSSR count). The number of aliphatic hydroxyl groups excluding tert-OH is 1. The van der Waals surface area contributed by atoms with E-state index in [0.717, 1.165) is 11.3 Å². The van der Waals surface area contributed by atoms with Crippen LogP contribution in [0.3, 0.4) is 0 Å². The molecule has 6 nitrogen and oxygen atoms in total. The minimum atomic E-state index is -0.493. The fourth-order valence-electron chi connectivity index (χ4n) is 2.21. The Balaban J connectivity index is 1.75. The van der Waals surface area contributed by atoms with E-state index >= 15 is 0 Å². The van der Waals surface area contributed by atoms with Crippen LogP contribution in [0.2, 0.25) is 0 Å². The summed E-state index contributed by atoms with van der Waals surface area (Å²) < 4.78 is 1.53. The molecule has 1 unspecified atom stereocenters. The third-order valence-corrected chi connectivity index (χ3v) is 3.41. The molecule has 1 aromatic heterocycles. The van der Waals surface area contributed by atoms with Crippen molar-refractivity contribution < 1.29 is 9.90 Å². The van der Waals surface area contributed by atoms with Crippen molar-refractivity contribution >= 4 is 5.91 Å². The van der Waals surface area contributed by atoms with E-state index < -0.39 is 11.9 Å². The van der Waals surface area contributed by atoms with Gasteiger partial charge >= 0.3 is 0 Å². The first-order valence-corrected chi connectivity index (χ1v) is 7.21. The minimum absolute atomic E-state index is 0.0586. The van der Waals surface area contributed by atoms with Crippen LogP contribution in [-0.2, 0) is 0 Å². The van der Waals surface area contributed by atoms with Gasteiger partial charge in [0.2, 0.25) is 5.82 Å². The average molecular weight is 308 g/mol. The summed E-state index contributed by atoms with van der Waals surface area (Å²) in [7, 11) is 0. The number of para-hydroxylation sites is 1. The molecule has 0 aliphatic rings. The number of carbonyl (C=O) groups excluding carboxylic acids is 1. The Morgan fingerprint density at radius 2 is 1.74 bits per heavy atom. The highest BCUT2D eigenvalue weighted by Gasteiger charge is 2.18. The molecule has 1 heterocycles. The lowest BCUT2D eigenvalue weighted by Crippen LogP contribution is -2.31. The first kappa shape index (κ1) is 14.9. The van der Waals surface area contributed by atoms with Crippen molar-refractivity contribution in [3.8, 4) is 5.69 Å². The number of hydrogen-bond donors (Lipinski definition) is 2. The van der Waals surface area contributed by atoms with Crippen LogP contribution in [0.1, 0.15) is 22.2 Å². The number of aliphatic hydroxyl groups is 1. The standard InChI is InChI=1S/C17H16N4O2/c22-11-15(13-7-3-1-4-8-13)19-17(23)16-18-12-21(20-16)14-9-5-2-6-10-14/h1-10,12,15,22H,11H2,(H,19,23). The van der Waals surface area contributed by atoms with Crippen LogP contribution in [0.15, 0.2) is 67.0 Å². The third kappa shape index (κ3) is 3.44. The number of aromatic nitrogens is 3. The Morgan fingerprint density at radius 1 is 1.09 bits per heavy atom. The number of hydrogen-bond acceptors (Lipinski definition) is 4. The van der Waals surface area contributed by atoms with Crippen molar-refractivity contribution in [3.63, 3.8) is 0 Å². The largest absolute Gasteiger partial charge is 0.394 e. The first-order chi connectivity index (χ1) is 11.3. The third-order valence-electron chi connectivity index (χ3n) is 3.41. The highest BCUT2D eigenvalue weighted by molar-refractivity contribution is 5.90. The van der Waals surface area contributed by atoms with Gasteiger partial charge in [0, 0.05) is 0 Å². The van der Waals surface area contributed by atoms with Crippen LogP contribution in [0.5, 0.6) is 0 Å². The molecule has 1 amide bonds. The second kappa shape index (κ2) is 6.85. The van der Waals surface area contributed by atoms with E-state index in [1.165, 1.54) is 11.0 Å². The van der Waals surface area contributed by atoms with Gasteiger partial charge in [-0.15, -0.1) is 5.10 Å². The summed E-state index contributed by atoms with van der Waals surface area (Å²) in [6.45, 7) is -0.199. The lowest BCUT2D eigenvalue weighted by Gasteiger charge is -2.15. The summed E-state index contributed by atoms with van der Waals surface area (Å²) >= 11 is 0. The van der Waals surface area contributed by atoms with E-state index in [9.17, 15) is 9.90 Å². The van der Waals surface area contributed by atoms with Gasteiger partial charge in [-0.1, -0.05) is 48.5 Å². The maximum absolute atomic E-state index is 12.3. The number of amides is 1. The SMILES string of the molecule is O=C(NC(CO)c1ccccc1)c1ncn(-c2ccccc2)n1. The number of nitrogens with one attached hydrogen (secondary N) is 1. The Bertz CT molecular complexity index is 772. The molecule has 2 N–H and O–H groups in total. The fraction of sp³-hybridized carbons (Fsp3) is 0.118. The summed E-state index contributed by atoms with van der Waals surface area (Å²) in [5, 5.41) is 16.4. The Labute approximate surface area is 133 Å². The molecule has 23 heavy (non-hydrogen) atoms. The Kier molecular flexibility index (Phi) is 4.44. The van der Waals surface area contributed by atoms with Gasteiger partial charge in [-0.3, -0.25) is 4.79 Å². The topological polar surface area (TPSA) is 80.0 Å². The molecule has 0 fully saturated rings. The summed E-state index contributed by atoms with van der Waals surface area (Å²) in [6.07, 6.45) is 1.49. The van der Waals surface area contributed by atoms with Crippen molar-refractivity contribution in [2.75, 3.05) is 6.61 Å². The zero-order valence-electron chi connectivity index (χ0n) is 12.3. The van der Waals surface area contributed by atoms with Gasteiger partial charge in [0.1, 0.15) is 6.33 Å². The molecule has 0 aliphatic carbocycles. The van der Waals surface area contributed by atoms with Crippen LogP contribution in [-0.4, -0.2) is 32.4 Å². The molecule has 1 atom stereocenters. The molecule has 6 heteroatoms. The van der Waals surface area contributed by atoms with Crippen molar-refractivity contribution in [1.29, 1.82) is 0 Å². The van der Waals surface area contributed by atoms with E-state index in [1.54, 1.807) is 0 Å². The smallest absolute Gasteiger partial charge is 0.291 e. The molecule has 0 aliphatic heterocycles. The predicted octanol–water partition coefficient (Wildman–Crippen LogP) is 1.73. The van der Waals surface area contributed by atoms with Crippen molar-refractivity contribution in [2.24, 2.45) is 0 Å². The highest BCUT2D eigenvalue weighted by atomic mass is 16.3. The zero-order chi connectivity index (χ0) is 16.1. The van der Waals surface area contributed by atoms with E-state index in [-0.39, 0.29) is 12.4 Å². The van der Waals surface area contributed by atoms with E-state index in [0.29, 0.717) is 0 Å². The molecular formula is C17H16N4O2. The van der Waals surface area contributed by atoms with Gasteiger partial charge < -0.3 is 10.4 Å². The Morgan fingerprint density at radius 3 is 2.39 bits per heavy atom. The predicted molar refractivity (Wildman–Crippen MR) is 85.1 cm³/mol. The fourth-order valence-corrected chi connectivity index (χ4v) is 2.21. The minimum Gasteiger partial charge on any atom is -0.394 e. The number of benzene rings is 2. The molecule has 2 aromatic carbocycles. The molecule has 0 radical (unpaired) electrons. The average Bonchev–Trinajstić information content (AvgIpc) is 3.11. The summed E-state index contributed by atoms with van der Waals surface area (Å²) in [4.78, 5) is 16.3. The maximum atomic E-state index is 12.3. The molecule has 0 saturated heterocycles. The zero-order valence-corrected chi connectivity index (χ0v) is 12.3. The van der Waals surface area contributed by atoms with Crippen molar-refractivity contribution in [2.45, 2.75) is 6.04 Å². The molecule has 3 aromatic rings. The number of carbonyl (C=O) groups is 1. The van der Waals surface area contributed by atoms with Crippen LogP contribution in [0.25, 0.3) is 5.69 Å². The lowest BCUT2D eigenvalue weighted by molar-refractivity contribution is 0.0905. The number of rotatable bonds is 5. The molecule has 116 valence electrons. The summed E-state index contributed by atoms with van der Waals surface area (Å²) in [5.41, 5.74) is 1.65. The first-order valence-electron chi connectivity index (χ1n) is 7.21. The van der Waals surface area contributed by atoms with Crippen LogP contribution >= 0.6 is 0 Å². The summed E-state index contributed by atoms with van der Waals surface area (Å²) in [6, 6.07) is 18.2. The van der Waals surface area contributed by atoms with Crippen molar-refractivity contribution in [3.05, 3.63) is 78.4 Å². The molecule has 0 spiro atoms. The summed E-state index contributed by atoms with van der Waals surface area (Å²) in [5.74, 6) is -0.370. The normalized spacial score (nSPS) is 11.9.